The van der Waals surface area contributed by atoms with Crippen LogP contribution in [-0.4, -0.2) is 0 Å². The highest BCUT2D eigenvalue weighted by molar-refractivity contribution is 5.31. The summed E-state index contributed by atoms with van der Waals surface area (Å²) >= 11 is 0. The number of hydrogen-bond donors (Lipinski definition) is 0. The van der Waals surface area contributed by atoms with Crippen LogP contribution in [0.15, 0.2) is 24.3 Å². The van der Waals surface area contributed by atoms with E-state index in [0.29, 0.717) is 0 Å². The standard InChI is InChI=1S/C13H18.C2H6/c1-10-7-8-11(2)13-6-4-3-5-12(13)9-10;1-2/h3-6,10-11H,7-9H2,1-2H3;1-2H3. The molecule has 1 aliphatic rings. The maximum Gasteiger partial charge on any atom is -0.0188 e. The van der Waals surface area contributed by atoms with Gasteiger partial charge >= 0.3 is 0 Å². The summed E-state index contributed by atoms with van der Waals surface area (Å²) in [6.45, 7) is 8.73. The van der Waals surface area contributed by atoms with Crippen LogP contribution in [-0.2, 0) is 6.42 Å². The Kier molecular flexibility index (Phi) is 4.87. The molecule has 0 heterocycles. The molecule has 0 saturated heterocycles. The summed E-state index contributed by atoms with van der Waals surface area (Å²) in [5.74, 6) is 1.63. The summed E-state index contributed by atoms with van der Waals surface area (Å²) in [6, 6.07) is 8.95. The van der Waals surface area contributed by atoms with Gasteiger partial charge in [-0.2, -0.15) is 0 Å². The van der Waals surface area contributed by atoms with Crippen LogP contribution >= 0.6 is 0 Å². The second kappa shape index (κ2) is 5.95. The summed E-state index contributed by atoms with van der Waals surface area (Å²) < 4.78 is 0. The fraction of sp³-hybridized carbons (Fsp3) is 0.600. The Morgan fingerprint density at radius 3 is 2.40 bits per heavy atom. The van der Waals surface area contributed by atoms with Crippen LogP contribution in [0.2, 0.25) is 0 Å². The van der Waals surface area contributed by atoms with Gasteiger partial charge < -0.3 is 0 Å². The van der Waals surface area contributed by atoms with Crippen LogP contribution in [0.25, 0.3) is 0 Å². The SMILES string of the molecule is CC.CC1CCC(C)c2ccccc2C1. The van der Waals surface area contributed by atoms with Gasteiger partial charge in [-0.05, 0) is 42.2 Å². The van der Waals surface area contributed by atoms with E-state index in [-0.39, 0.29) is 0 Å². The fourth-order valence-corrected chi connectivity index (χ4v) is 2.37. The van der Waals surface area contributed by atoms with Crippen molar-refractivity contribution in [3.05, 3.63) is 35.4 Å². The number of rotatable bonds is 0. The molecule has 0 radical (unpaired) electrons. The summed E-state index contributed by atoms with van der Waals surface area (Å²) in [4.78, 5) is 0. The molecule has 2 unspecified atom stereocenters. The van der Waals surface area contributed by atoms with E-state index in [4.69, 9.17) is 0 Å². The van der Waals surface area contributed by atoms with Gasteiger partial charge in [0, 0.05) is 0 Å². The maximum atomic E-state index is 2.37. The molecule has 0 fully saturated rings. The molecule has 84 valence electrons. The van der Waals surface area contributed by atoms with Crippen LogP contribution in [0.5, 0.6) is 0 Å². The quantitative estimate of drug-likeness (QED) is 0.533. The summed E-state index contributed by atoms with van der Waals surface area (Å²) in [5, 5.41) is 0. The molecule has 1 aromatic rings. The van der Waals surface area contributed by atoms with Crippen molar-refractivity contribution in [3.8, 4) is 0 Å². The number of fused-ring (bicyclic) bond motifs is 1. The molecule has 0 heteroatoms. The molecule has 0 aliphatic heterocycles. The van der Waals surface area contributed by atoms with Gasteiger partial charge in [-0.15, -0.1) is 0 Å². The number of hydrogen-bond acceptors (Lipinski definition) is 0. The molecule has 0 aromatic heterocycles. The Morgan fingerprint density at radius 1 is 1.00 bits per heavy atom. The predicted molar refractivity (Wildman–Crippen MR) is 68.3 cm³/mol. The van der Waals surface area contributed by atoms with E-state index in [1.165, 1.54) is 19.3 Å². The molecule has 0 nitrogen and oxygen atoms in total. The molecule has 0 spiro atoms. The molecule has 15 heavy (non-hydrogen) atoms. The monoisotopic (exact) mass is 204 g/mol. The Morgan fingerprint density at radius 2 is 1.67 bits per heavy atom. The van der Waals surface area contributed by atoms with Crippen LogP contribution in [0.4, 0.5) is 0 Å². The lowest BCUT2D eigenvalue weighted by molar-refractivity contribution is 0.504. The first kappa shape index (κ1) is 12.3. The van der Waals surface area contributed by atoms with E-state index in [1.54, 1.807) is 11.1 Å². The van der Waals surface area contributed by atoms with Crippen LogP contribution in [0.3, 0.4) is 0 Å². The van der Waals surface area contributed by atoms with Crippen LogP contribution in [0, 0.1) is 5.92 Å². The molecule has 2 rings (SSSR count). The molecular weight excluding hydrogens is 180 g/mol. The van der Waals surface area contributed by atoms with E-state index >= 15 is 0 Å². The van der Waals surface area contributed by atoms with Gasteiger partial charge in [-0.1, -0.05) is 52.0 Å². The van der Waals surface area contributed by atoms with Gasteiger partial charge in [0.2, 0.25) is 0 Å². The lowest BCUT2D eigenvalue weighted by Gasteiger charge is -2.11. The van der Waals surface area contributed by atoms with E-state index in [9.17, 15) is 0 Å². The minimum atomic E-state index is 0.765. The van der Waals surface area contributed by atoms with Crippen molar-refractivity contribution in [1.29, 1.82) is 0 Å². The summed E-state index contributed by atoms with van der Waals surface area (Å²) in [7, 11) is 0. The number of benzene rings is 1. The third-order valence-corrected chi connectivity index (χ3v) is 3.25. The highest BCUT2D eigenvalue weighted by atomic mass is 14.2. The second-order valence-corrected chi connectivity index (χ2v) is 4.49. The predicted octanol–water partition coefficient (Wildman–Crippen LogP) is 4.79. The normalized spacial score (nSPS) is 24.5. The van der Waals surface area contributed by atoms with Crippen molar-refractivity contribution in [2.75, 3.05) is 0 Å². The lowest BCUT2D eigenvalue weighted by Crippen LogP contribution is -1.97. The Labute approximate surface area is 94.7 Å². The van der Waals surface area contributed by atoms with Gasteiger partial charge in [0.05, 0.1) is 0 Å². The van der Waals surface area contributed by atoms with Gasteiger partial charge in [-0.25, -0.2) is 0 Å². The van der Waals surface area contributed by atoms with E-state index in [2.05, 4.69) is 38.1 Å². The van der Waals surface area contributed by atoms with E-state index in [1.807, 2.05) is 13.8 Å². The summed E-state index contributed by atoms with van der Waals surface area (Å²) in [6.07, 6.45) is 4.02. The first-order valence-electron chi connectivity index (χ1n) is 6.35. The van der Waals surface area contributed by atoms with E-state index < -0.39 is 0 Å². The highest BCUT2D eigenvalue weighted by Gasteiger charge is 2.17. The van der Waals surface area contributed by atoms with Crippen molar-refractivity contribution < 1.29 is 0 Å². The molecular formula is C15H24. The van der Waals surface area contributed by atoms with Crippen LogP contribution in [0.1, 0.15) is 57.6 Å². The van der Waals surface area contributed by atoms with E-state index in [0.717, 1.165) is 11.8 Å². The first-order chi connectivity index (χ1) is 7.27. The van der Waals surface area contributed by atoms with Gasteiger partial charge in [0.25, 0.3) is 0 Å². The van der Waals surface area contributed by atoms with Crippen molar-refractivity contribution in [2.24, 2.45) is 5.92 Å². The lowest BCUT2D eigenvalue weighted by atomic mass is 9.95. The summed E-state index contributed by atoms with van der Waals surface area (Å²) in [5.41, 5.74) is 3.17. The smallest absolute Gasteiger partial charge is 0.0188 e. The molecule has 0 amide bonds. The third-order valence-electron chi connectivity index (χ3n) is 3.25. The van der Waals surface area contributed by atoms with Gasteiger partial charge in [-0.3, -0.25) is 0 Å². The average molecular weight is 204 g/mol. The Balaban J connectivity index is 0.000000531. The zero-order valence-corrected chi connectivity index (χ0v) is 10.6. The van der Waals surface area contributed by atoms with Crippen molar-refractivity contribution in [1.82, 2.24) is 0 Å². The zero-order chi connectivity index (χ0) is 11.3. The molecule has 0 saturated carbocycles. The molecule has 0 N–H and O–H groups in total. The van der Waals surface area contributed by atoms with Gasteiger partial charge in [0.1, 0.15) is 0 Å². The Bertz CT molecular complexity index is 288. The highest BCUT2D eigenvalue weighted by Crippen LogP contribution is 2.31. The average Bonchev–Trinajstić information content (AvgIpc) is 2.42. The Hall–Kier alpha value is -0.780. The minimum absolute atomic E-state index is 0.765. The first-order valence-corrected chi connectivity index (χ1v) is 6.35. The fourth-order valence-electron chi connectivity index (χ4n) is 2.37. The molecule has 1 aliphatic carbocycles. The van der Waals surface area contributed by atoms with Crippen molar-refractivity contribution in [2.45, 2.75) is 52.9 Å². The largest absolute Gasteiger partial charge is 0.0683 e. The minimum Gasteiger partial charge on any atom is -0.0683 e. The maximum absolute atomic E-state index is 2.37. The van der Waals surface area contributed by atoms with Crippen LogP contribution < -0.4 is 0 Å². The topological polar surface area (TPSA) is 0 Å². The van der Waals surface area contributed by atoms with Crippen molar-refractivity contribution >= 4 is 0 Å². The molecule has 2 atom stereocenters. The molecule has 0 bridgehead atoms. The van der Waals surface area contributed by atoms with Crippen molar-refractivity contribution in [3.63, 3.8) is 0 Å². The second-order valence-electron chi connectivity index (χ2n) is 4.49. The zero-order valence-electron chi connectivity index (χ0n) is 10.6. The molecule has 1 aromatic carbocycles. The third kappa shape index (κ3) is 3.09. The van der Waals surface area contributed by atoms with Gasteiger partial charge in [0.15, 0.2) is 0 Å².